The lowest BCUT2D eigenvalue weighted by atomic mass is 10.1. The molecule has 164 valence electrons. The summed E-state index contributed by atoms with van der Waals surface area (Å²) in [6.07, 6.45) is 3.19. The van der Waals surface area contributed by atoms with E-state index in [4.69, 9.17) is 9.72 Å². The highest BCUT2D eigenvalue weighted by molar-refractivity contribution is 6.14. The summed E-state index contributed by atoms with van der Waals surface area (Å²) in [5.74, 6) is 2.73. The Labute approximate surface area is 183 Å². The van der Waals surface area contributed by atoms with Gasteiger partial charge in [0.15, 0.2) is 5.75 Å². The zero-order chi connectivity index (χ0) is 22.0. The van der Waals surface area contributed by atoms with E-state index >= 15 is 0 Å². The van der Waals surface area contributed by atoms with Crippen molar-refractivity contribution in [2.24, 2.45) is 11.8 Å². The van der Waals surface area contributed by atoms with Gasteiger partial charge in [-0.15, -0.1) is 0 Å². The van der Waals surface area contributed by atoms with E-state index in [1.165, 1.54) is 12.1 Å². The molecule has 1 aliphatic heterocycles. The van der Waals surface area contributed by atoms with Gasteiger partial charge in [0.25, 0.3) is 0 Å². The molecule has 1 aromatic carbocycles. The van der Waals surface area contributed by atoms with Gasteiger partial charge >= 0.3 is 6.01 Å². The maximum absolute atomic E-state index is 14.4. The van der Waals surface area contributed by atoms with Gasteiger partial charge in [-0.2, -0.15) is 9.97 Å². The summed E-state index contributed by atoms with van der Waals surface area (Å²) in [6.45, 7) is 3.58. The van der Waals surface area contributed by atoms with E-state index in [-0.39, 0.29) is 11.8 Å². The molecule has 2 unspecified atom stereocenters. The van der Waals surface area contributed by atoms with Gasteiger partial charge in [-0.05, 0) is 37.9 Å². The maximum atomic E-state index is 14.4. The Hall–Kier alpha value is -3.53. The molecule has 6 rings (SSSR count). The van der Waals surface area contributed by atoms with Crippen molar-refractivity contribution in [2.45, 2.75) is 13.0 Å². The van der Waals surface area contributed by atoms with Crippen molar-refractivity contribution in [2.75, 3.05) is 37.4 Å². The lowest BCUT2D eigenvalue weighted by Crippen LogP contribution is -2.30. The van der Waals surface area contributed by atoms with E-state index in [1.54, 1.807) is 19.4 Å². The van der Waals surface area contributed by atoms with Crippen LogP contribution in [-0.2, 0) is 0 Å². The van der Waals surface area contributed by atoms with Gasteiger partial charge in [-0.1, -0.05) is 0 Å². The van der Waals surface area contributed by atoms with Crippen LogP contribution < -0.4 is 20.3 Å². The van der Waals surface area contributed by atoms with Crippen molar-refractivity contribution in [3.63, 3.8) is 0 Å². The Morgan fingerprint density at radius 3 is 2.56 bits per heavy atom. The lowest BCUT2D eigenvalue weighted by molar-refractivity contribution is 0.439. The normalized spacial score (nSPS) is 21.9. The van der Waals surface area contributed by atoms with Gasteiger partial charge in [0.05, 0.1) is 29.0 Å². The fraction of sp³-hybridized carbons (Fsp3) is 0.364. The Bertz CT molecular complexity index is 1330. The average Bonchev–Trinajstić information content (AvgIpc) is 3.09. The van der Waals surface area contributed by atoms with Gasteiger partial charge in [0.2, 0.25) is 0 Å². The molecule has 0 radical (unpaired) electrons. The molecule has 0 spiro atoms. The van der Waals surface area contributed by atoms with Crippen LogP contribution in [0.3, 0.4) is 0 Å². The molecule has 0 bridgehead atoms. The number of hydrogen-bond donors (Lipinski definition) is 3. The van der Waals surface area contributed by atoms with Gasteiger partial charge in [0, 0.05) is 31.6 Å². The number of aryl methyl sites for hydroxylation is 1. The molecule has 0 amide bonds. The molecule has 32 heavy (non-hydrogen) atoms. The molecule has 2 fully saturated rings. The summed E-state index contributed by atoms with van der Waals surface area (Å²) in [5.41, 5.74) is 2.05. The van der Waals surface area contributed by atoms with Crippen LogP contribution in [-0.4, -0.2) is 58.1 Å². The highest BCUT2D eigenvalue weighted by Crippen LogP contribution is 2.48. The number of fused-ring (bicyclic) bond motifs is 4. The zero-order valence-corrected chi connectivity index (χ0v) is 18.0. The first-order valence-corrected chi connectivity index (χ1v) is 10.6. The molecule has 3 aromatic heterocycles. The quantitative estimate of drug-likeness (QED) is 0.441. The molecular weight excluding hydrogens is 411 g/mol. The number of piperidine rings is 1. The van der Waals surface area contributed by atoms with Crippen molar-refractivity contribution in [3.8, 4) is 11.8 Å². The van der Waals surface area contributed by atoms with Gasteiger partial charge in [0.1, 0.15) is 23.1 Å². The van der Waals surface area contributed by atoms with Crippen LogP contribution in [0.4, 0.5) is 15.9 Å². The highest BCUT2D eigenvalue weighted by atomic mass is 19.1. The molecule has 3 N–H and O–H groups in total. The number of benzene rings is 1. The van der Waals surface area contributed by atoms with E-state index in [2.05, 4.69) is 35.5 Å². The minimum atomic E-state index is -0.314. The third-order valence-corrected chi connectivity index (χ3v) is 6.55. The number of aromatic nitrogens is 5. The second-order valence-corrected chi connectivity index (χ2v) is 8.42. The summed E-state index contributed by atoms with van der Waals surface area (Å²) >= 11 is 0. The largest absolute Gasteiger partial charge is 0.421 e. The fourth-order valence-corrected chi connectivity index (χ4v) is 4.96. The van der Waals surface area contributed by atoms with E-state index in [0.29, 0.717) is 40.8 Å². The first-order valence-electron chi connectivity index (χ1n) is 10.6. The topological polar surface area (TPSA) is 104 Å². The van der Waals surface area contributed by atoms with Gasteiger partial charge in [-0.3, -0.25) is 0 Å². The first-order chi connectivity index (χ1) is 15.6. The number of anilines is 2. The molecule has 1 saturated carbocycles. The number of halogens is 1. The number of aromatic amines is 1. The van der Waals surface area contributed by atoms with Crippen molar-refractivity contribution < 1.29 is 9.13 Å². The van der Waals surface area contributed by atoms with Crippen LogP contribution in [0.5, 0.6) is 11.8 Å². The predicted molar refractivity (Wildman–Crippen MR) is 120 cm³/mol. The molecule has 1 saturated heterocycles. The van der Waals surface area contributed by atoms with E-state index in [1.807, 2.05) is 14.0 Å². The number of H-pyrrole nitrogens is 1. The van der Waals surface area contributed by atoms with E-state index in [0.717, 1.165) is 35.2 Å². The smallest absolute Gasteiger partial charge is 0.326 e. The number of hydrogen-bond acceptors (Lipinski definition) is 8. The molecule has 10 heteroatoms. The summed E-state index contributed by atoms with van der Waals surface area (Å²) in [4.78, 5) is 23.3. The SMILES string of the molecule is CNc1cc(F)cc2c1[nH]c1nc(Oc3cnc(C)nc3)nc(N3CC4C(C3)C4NC)c12. The minimum absolute atomic E-state index is 0.198. The van der Waals surface area contributed by atoms with Gasteiger partial charge in [-0.25, -0.2) is 14.4 Å². The van der Waals surface area contributed by atoms with Crippen molar-refractivity contribution in [1.82, 2.24) is 30.2 Å². The van der Waals surface area contributed by atoms with E-state index in [9.17, 15) is 4.39 Å². The van der Waals surface area contributed by atoms with Crippen molar-refractivity contribution in [3.05, 3.63) is 36.2 Å². The molecule has 1 aliphatic carbocycles. The fourth-order valence-electron chi connectivity index (χ4n) is 4.96. The Kier molecular flexibility index (Phi) is 4.19. The Balaban J connectivity index is 1.50. The number of nitrogens with zero attached hydrogens (tertiary/aromatic N) is 5. The Morgan fingerprint density at radius 1 is 1.12 bits per heavy atom. The highest BCUT2D eigenvalue weighted by Gasteiger charge is 2.55. The summed E-state index contributed by atoms with van der Waals surface area (Å²) in [6, 6.07) is 3.75. The number of ether oxygens (including phenoxy) is 1. The molecule has 4 aromatic rings. The van der Waals surface area contributed by atoms with Crippen LogP contribution in [0.15, 0.2) is 24.5 Å². The monoisotopic (exact) mass is 434 g/mol. The van der Waals surface area contributed by atoms with Crippen molar-refractivity contribution >= 4 is 33.4 Å². The second kappa shape index (κ2) is 6.99. The van der Waals surface area contributed by atoms with Crippen LogP contribution in [0, 0.1) is 24.6 Å². The number of rotatable bonds is 5. The summed E-state index contributed by atoms with van der Waals surface area (Å²) in [7, 11) is 3.78. The lowest BCUT2D eigenvalue weighted by Gasteiger charge is -2.22. The predicted octanol–water partition coefficient (Wildman–Crippen LogP) is 2.84. The third-order valence-electron chi connectivity index (χ3n) is 6.55. The molecule has 4 heterocycles. The average molecular weight is 434 g/mol. The van der Waals surface area contributed by atoms with Gasteiger partial charge < -0.3 is 25.3 Å². The van der Waals surface area contributed by atoms with Crippen LogP contribution in [0.1, 0.15) is 5.82 Å². The Morgan fingerprint density at radius 2 is 1.88 bits per heavy atom. The second-order valence-electron chi connectivity index (χ2n) is 8.42. The molecule has 9 nitrogen and oxygen atoms in total. The summed E-state index contributed by atoms with van der Waals surface area (Å²) in [5, 5.41) is 7.99. The molecule has 2 atom stereocenters. The van der Waals surface area contributed by atoms with Crippen LogP contribution in [0.25, 0.3) is 21.9 Å². The van der Waals surface area contributed by atoms with Crippen LogP contribution >= 0.6 is 0 Å². The standard InChI is InChI=1S/C22H23FN8O/c1-10-26-6-12(7-27-10)32-22-29-20-17(13-4-11(23)5-16(24-2)19(13)28-20)21(30-22)31-8-14-15(9-31)18(14)25-3/h4-7,14-15,18,24-25H,8-9H2,1-3H3,(H,28,29,30). The number of nitrogens with one attached hydrogen (secondary N) is 3. The molecular formula is C22H23FN8O. The van der Waals surface area contributed by atoms with Crippen molar-refractivity contribution in [1.29, 1.82) is 0 Å². The minimum Gasteiger partial charge on any atom is -0.421 e. The third kappa shape index (κ3) is 2.94. The molecule has 2 aliphatic rings. The maximum Gasteiger partial charge on any atom is 0.326 e. The summed E-state index contributed by atoms with van der Waals surface area (Å²) < 4.78 is 20.3. The first kappa shape index (κ1) is 19.2. The zero-order valence-electron chi connectivity index (χ0n) is 18.0. The van der Waals surface area contributed by atoms with E-state index < -0.39 is 0 Å². The van der Waals surface area contributed by atoms with Crippen LogP contribution in [0.2, 0.25) is 0 Å².